The van der Waals surface area contributed by atoms with Crippen molar-refractivity contribution in [2.45, 2.75) is 19.2 Å². The number of aryl methyl sites for hydroxylation is 1. The molecule has 84 valence electrons. The molecule has 0 aliphatic heterocycles. The Morgan fingerprint density at radius 1 is 1.38 bits per heavy atom. The van der Waals surface area contributed by atoms with Gasteiger partial charge in [0.2, 0.25) is 0 Å². The molecule has 0 saturated heterocycles. The van der Waals surface area contributed by atoms with E-state index in [1.807, 2.05) is 25.1 Å². The SMILES string of the molecule is Cc1ccc(-c2nc(C(C)Cl)no2)c(Cl)c1. The molecule has 0 saturated carbocycles. The van der Waals surface area contributed by atoms with E-state index in [0.29, 0.717) is 16.7 Å². The molecule has 0 radical (unpaired) electrons. The lowest BCUT2D eigenvalue weighted by Crippen LogP contribution is -1.87. The molecule has 0 spiro atoms. The Balaban J connectivity index is 2.42. The number of halogens is 2. The van der Waals surface area contributed by atoms with Crippen LogP contribution in [0, 0.1) is 6.92 Å². The Morgan fingerprint density at radius 3 is 2.69 bits per heavy atom. The van der Waals surface area contributed by atoms with Gasteiger partial charge in [0.25, 0.3) is 5.89 Å². The van der Waals surface area contributed by atoms with Crippen LogP contribution in [0.2, 0.25) is 5.02 Å². The van der Waals surface area contributed by atoms with Crippen LogP contribution >= 0.6 is 23.2 Å². The largest absolute Gasteiger partial charge is 0.334 e. The Morgan fingerprint density at radius 2 is 2.12 bits per heavy atom. The summed E-state index contributed by atoms with van der Waals surface area (Å²) in [6.07, 6.45) is 0. The van der Waals surface area contributed by atoms with Crippen molar-refractivity contribution < 1.29 is 4.52 Å². The minimum atomic E-state index is -0.276. The summed E-state index contributed by atoms with van der Waals surface area (Å²) in [5.41, 5.74) is 1.81. The number of hydrogen-bond acceptors (Lipinski definition) is 3. The zero-order valence-corrected chi connectivity index (χ0v) is 10.4. The third-order valence-electron chi connectivity index (χ3n) is 2.15. The number of rotatable bonds is 2. The summed E-state index contributed by atoms with van der Waals surface area (Å²) in [6.45, 7) is 3.75. The standard InChI is InChI=1S/C11H10Cl2N2O/c1-6-3-4-8(9(13)5-6)11-14-10(7(2)12)15-16-11/h3-5,7H,1-2H3. The van der Waals surface area contributed by atoms with Crippen molar-refractivity contribution >= 4 is 23.2 Å². The lowest BCUT2D eigenvalue weighted by Gasteiger charge is -1.99. The second kappa shape index (κ2) is 4.44. The summed E-state index contributed by atoms with van der Waals surface area (Å²) in [7, 11) is 0. The first-order valence-corrected chi connectivity index (χ1v) is 5.63. The van der Waals surface area contributed by atoms with Gasteiger partial charge < -0.3 is 4.52 Å². The van der Waals surface area contributed by atoms with E-state index in [4.69, 9.17) is 27.7 Å². The van der Waals surface area contributed by atoms with Crippen LogP contribution in [-0.2, 0) is 0 Å². The Bertz CT molecular complexity index is 508. The Kier molecular flexibility index (Phi) is 3.17. The van der Waals surface area contributed by atoms with E-state index >= 15 is 0 Å². The van der Waals surface area contributed by atoms with Crippen LogP contribution in [0.3, 0.4) is 0 Å². The first-order valence-electron chi connectivity index (χ1n) is 4.82. The molecule has 0 aliphatic rings. The number of nitrogens with zero attached hydrogens (tertiary/aromatic N) is 2. The molecule has 1 heterocycles. The molecule has 1 unspecified atom stereocenters. The first-order chi connectivity index (χ1) is 7.58. The van der Waals surface area contributed by atoms with Crippen molar-refractivity contribution in [3.63, 3.8) is 0 Å². The van der Waals surface area contributed by atoms with Crippen molar-refractivity contribution in [1.29, 1.82) is 0 Å². The van der Waals surface area contributed by atoms with Crippen molar-refractivity contribution in [2.75, 3.05) is 0 Å². The second-order valence-corrected chi connectivity index (χ2v) is 4.62. The molecular formula is C11H10Cl2N2O. The van der Waals surface area contributed by atoms with E-state index in [1.165, 1.54) is 0 Å². The van der Waals surface area contributed by atoms with Crippen molar-refractivity contribution in [3.05, 3.63) is 34.6 Å². The molecule has 2 aromatic rings. The monoisotopic (exact) mass is 256 g/mol. The molecule has 0 N–H and O–H groups in total. The topological polar surface area (TPSA) is 38.9 Å². The molecule has 1 aromatic heterocycles. The van der Waals surface area contributed by atoms with Crippen LogP contribution in [0.25, 0.3) is 11.5 Å². The van der Waals surface area contributed by atoms with Crippen molar-refractivity contribution in [1.82, 2.24) is 10.1 Å². The summed E-state index contributed by atoms with van der Waals surface area (Å²) >= 11 is 11.9. The van der Waals surface area contributed by atoms with Gasteiger partial charge in [-0.05, 0) is 31.5 Å². The Hall–Kier alpha value is -1.06. The van der Waals surface area contributed by atoms with Gasteiger partial charge >= 0.3 is 0 Å². The predicted octanol–water partition coefficient (Wildman–Crippen LogP) is 4.00. The highest BCUT2D eigenvalue weighted by molar-refractivity contribution is 6.33. The summed E-state index contributed by atoms with van der Waals surface area (Å²) < 4.78 is 5.10. The smallest absolute Gasteiger partial charge is 0.259 e. The van der Waals surface area contributed by atoms with Gasteiger partial charge in [-0.15, -0.1) is 11.6 Å². The predicted molar refractivity (Wildman–Crippen MR) is 63.7 cm³/mol. The fourth-order valence-electron chi connectivity index (χ4n) is 1.30. The molecule has 1 aromatic carbocycles. The highest BCUT2D eigenvalue weighted by Crippen LogP contribution is 2.28. The zero-order valence-electron chi connectivity index (χ0n) is 8.87. The number of benzene rings is 1. The van der Waals surface area contributed by atoms with Gasteiger partial charge in [-0.3, -0.25) is 0 Å². The van der Waals surface area contributed by atoms with Gasteiger partial charge in [-0.1, -0.05) is 22.8 Å². The lowest BCUT2D eigenvalue weighted by atomic mass is 10.1. The van der Waals surface area contributed by atoms with Crippen LogP contribution in [0.1, 0.15) is 23.7 Å². The molecule has 0 amide bonds. The maximum Gasteiger partial charge on any atom is 0.259 e. The van der Waals surface area contributed by atoms with Crippen LogP contribution in [-0.4, -0.2) is 10.1 Å². The molecule has 2 rings (SSSR count). The molecule has 0 fully saturated rings. The molecule has 5 heteroatoms. The van der Waals surface area contributed by atoms with Gasteiger partial charge in [0.1, 0.15) is 0 Å². The fourth-order valence-corrected chi connectivity index (χ4v) is 1.70. The van der Waals surface area contributed by atoms with E-state index in [9.17, 15) is 0 Å². The molecule has 3 nitrogen and oxygen atoms in total. The summed E-state index contributed by atoms with van der Waals surface area (Å²) in [5, 5.41) is 4.10. The van der Waals surface area contributed by atoms with E-state index in [0.717, 1.165) is 11.1 Å². The molecule has 16 heavy (non-hydrogen) atoms. The minimum Gasteiger partial charge on any atom is -0.334 e. The van der Waals surface area contributed by atoms with Crippen molar-refractivity contribution in [3.8, 4) is 11.5 Å². The number of aromatic nitrogens is 2. The van der Waals surface area contributed by atoms with Crippen LogP contribution in [0.4, 0.5) is 0 Å². The number of alkyl halides is 1. The Labute approximate surface area is 103 Å². The maximum atomic E-state index is 6.09. The highest BCUT2D eigenvalue weighted by Gasteiger charge is 2.14. The first kappa shape index (κ1) is 11.4. The normalized spacial score (nSPS) is 12.8. The van der Waals surface area contributed by atoms with E-state index in [2.05, 4.69) is 10.1 Å². The van der Waals surface area contributed by atoms with Gasteiger partial charge in [-0.25, -0.2) is 0 Å². The highest BCUT2D eigenvalue weighted by atomic mass is 35.5. The van der Waals surface area contributed by atoms with E-state index in [-0.39, 0.29) is 5.38 Å². The summed E-state index contributed by atoms with van der Waals surface area (Å²) in [5.74, 6) is 0.862. The van der Waals surface area contributed by atoms with Crippen molar-refractivity contribution in [2.24, 2.45) is 0 Å². The van der Waals surface area contributed by atoms with Crippen LogP contribution in [0.15, 0.2) is 22.7 Å². The quantitative estimate of drug-likeness (QED) is 0.763. The number of hydrogen-bond donors (Lipinski definition) is 0. The fraction of sp³-hybridized carbons (Fsp3) is 0.273. The summed E-state index contributed by atoms with van der Waals surface area (Å²) in [4.78, 5) is 4.18. The average molecular weight is 257 g/mol. The molecular weight excluding hydrogens is 247 g/mol. The van der Waals surface area contributed by atoms with Gasteiger partial charge in [0.05, 0.1) is 16.0 Å². The third kappa shape index (κ3) is 2.20. The minimum absolute atomic E-state index is 0.276. The maximum absolute atomic E-state index is 6.09. The second-order valence-electron chi connectivity index (χ2n) is 3.56. The molecule has 0 bridgehead atoms. The van der Waals surface area contributed by atoms with E-state index < -0.39 is 0 Å². The van der Waals surface area contributed by atoms with E-state index in [1.54, 1.807) is 6.92 Å². The lowest BCUT2D eigenvalue weighted by molar-refractivity contribution is 0.422. The van der Waals surface area contributed by atoms with Gasteiger partial charge in [0, 0.05) is 0 Å². The van der Waals surface area contributed by atoms with Gasteiger partial charge in [-0.2, -0.15) is 4.98 Å². The summed E-state index contributed by atoms with van der Waals surface area (Å²) in [6, 6.07) is 5.65. The zero-order chi connectivity index (χ0) is 11.7. The van der Waals surface area contributed by atoms with Crippen LogP contribution in [0.5, 0.6) is 0 Å². The molecule has 0 aliphatic carbocycles. The molecule has 1 atom stereocenters. The third-order valence-corrected chi connectivity index (χ3v) is 2.66. The van der Waals surface area contributed by atoms with Crippen LogP contribution < -0.4 is 0 Å². The average Bonchev–Trinajstić information content (AvgIpc) is 2.66. The van der Waals surface area contributed by atoms with Gasteiger partial charge in [0.15, 0.2) is 5.82 Å².